The van der Waals surface area contributed by atoms with Crippen molar-refractivity contribution in [2.45, 2.75) is 19.4 Å². The molecule has 0 aliphatic heterocycles. The highest BCUT2D eigenvalue weighted by molar-refractivity contribution is 5.37. The molecule has 2 aromatic rings. The van der Waals surface area contributed by atoms with Gasteiger partial charge in [0.05, 0.1) is 6.61 Å². The fourth-order valence-corrected chi connectivity index (χ4v) is 1.84. The van der Waals surface area contributed by atoms with Crippen LogP contribution in [0, 0.1) is 5.82 Å². The molecule has 1 heterocycles. The first-order chi connectivity index (χ1) is 9.18. The summed E-state index contributed by atoms with van der Waals surface area (Å²) < 4.78 is 19.3. The van der Waals surface area contributed by atoms with Crippen molar-refractivity contribution >= 4 is 0 Å². The molecule has 0 amide bonds. The Morgan fingerprint density at radius 1 is 1.26 bits per heavy atom. The monoisotopic (exact) mass is 260 g/mol. The van der Waals surface area contributed by atoms with Crippen molar-refractivity contribution in [3.63, 3.8) is 0 Å². The van der Waals surface area contributed by atoms with E-state index in [0.717, 1.165) is 5.69 Å². The van der Waals surface area contributed by atoms with Gasteiger partial charge >= 0.3 is 0 Å². The Balaban J connectivity index is 2.03. The van der Waals surface area contributed by atoms with Gasteiger partial charge in [-0.2, -0.15) is 0 Å². The lowest BCUT2D eigenvalue weighted by molar-refractivity contribution is 0.299. The summed E-state index contributed by atoms with van der Waals surface area (Å²) in [6, 6.07) is 10.2. The van der Waals surface area contributed by atoms with Crippen LogP contribution < -0.4 is 10.5 Å². The average Bonchev–Trinajstić information content (AvgIpc) is 2.41. The highest BCUT2D eigenvalue weighted by Crippen LogP contribution is 2.27. The largest absolute Gasteiger partial charge is 0.490 e. The predicted molar refractivity (Wildman–Crippen MR) is 72.4 cm³/mol. The first-order valence-electron chi connectivity index (χ1n) is 6.25. The van der Waals surface area contributed by atoms with E-state index >= 15 is 0 Å². The van der Waals surface area contributed by atoms with Crippen LogP contribution in [0.3, 0.4) is 0 Å². The number of hydrogen-bond acceptors (Lipinski definition) is 3. The van der Waals surface area contributed by atoms with Crippen molar-refractivity contribution < 1.29 is 9.13 Å². The fourth-order valence-electron chi connectivity index (χ4n) is 1.84. The van der Waals surface area contributed by atoms with Crippen LogP contribution in [0.5, 0.6) is 5.75 Å². The van der Waals surface area contributed by atoms with Gasteiger partial charge < -0.3 is 10.5 Å². The third kappa shape index (κ3) is 3.51. The molecule has 0 fully saturated rings. The summed E-state index contributed by atoms with van der Waals surface area (Å²) in [6.07, 6.45) is 2.36. The van der Waals surface area contributed by atoms with Gasteiger partial charge in [-0.3, -0.25) is 4.98 Å². The normalized spacial score (nSPS) is 12.2. The van der Waals surface area contributed by atoms with E-state index in [0.29, 0.717) is 18.6 Å². The van der Waals surface area contributed by atoms with Crippen LogP contribution in [0.15, 0.2) is 42.6 Å². The van der Waals surface area contributed by atoms with Crippen molar-refractivity contribution in [2.24, 2.45) is 5.73 Å². The summed E-state index contributed by atoms with van der Waals surface area (Å²) in [6.45, 7) is 2.18. The molecule has 19 heavy (non-hydrogen) atoms. The third-order valence-corrected chi connectivity index (χ3v) is 2.82. The number of halogens is 1. The maximum absolute atomic E-state index is 13.7. The highest BCUT2D eigenvalue weighted by Gasteiger charge is 2.12. The van der Waals surface area contributed by atoms with Gasteiger partial charge in [0, 0.05) is 29.9 Å². The van der Waals surface area contributed by atoms with Crippen LogP contribution in [0.1, 0.15) is 24.2 Å². The fraction of sp³-hybridized carbons (Fsp3) is 0.267. The quantitative estimate of drug-likeness (QED) is 0.899. The van der Waals surface area contributed by atoms with Gasteiger partial charge in [-0.25, -0.2) is 4.39 Å². The number of para-hydroxylation sites is 1. The molecular formula is C15H17FN2O. The van der Waals surface area contributed by atoms with E-state index in [4.69, 9.17) is 10.5 Å². The molecule has 3 nitrogen and oxygen atoms in total. The molecule has 100 valence electrons. The Labute approximate surface area is 112 Å². The van der Waals surface area contributed by atoms with E-state index in [9.17, 15) is 4.39 Å². The number of nitrogens with zero attached hydrogens (tertiary/aromatic N) is 1. The second-order valence-corrected chi connectivity index (χ2v) is 4.37. The maximum atomic E-state index is 13.7. The van der Waals surface area contributed by atoms with Crippen molar-refractivity contribution in [1.82, 2.24) is 4.98 Å². The second kappa shape index (κ2) is 6.29. The van der Waals surface area contributed by atoms with Gasteiger partial charge in [-0.05, 0) is 25.1 Å². The lowest BCUT2D eigenvalue weighted by Crippen LogP contribution is -2.11. The first-order valence-corrected chi connectivity index (χ1v) is 6.25. The molecule has 0 bridgehead atoms. The molecule has 0 spiro atoms. The molecule has 0 aliphatic carbocycles. The number of hydrogen-bond donors (Lipinski definition) is 1. The van der Waals surface area contributed by atoms with Crippen molar-refractivity contribution in [3.8, 4) is 5.75 Å². The number of ether oxygens (including phenoxy) is 1. The lowest BCUT2D eigenvalue weighted by atomic mass is 10.1. The number of pyridine rings is 1. The second-order valence-electron chi connectivity index (χ2n) is 4.37. The van der Waals surface area contributed by atoms with E-state index < -0.39 is 0 Å². The molecule has 1 atom stereocenters. The van der Waals surface area contributed by atoms with Crippen LogP contribution in [-0.2, 0) is 6.42 Å². The smallest absolute Gasteiger partial charge is 0.165 e. The molecular weight excluding hydrogens is 243 g/mol. The average molecular weight is 260 g/mol. The topological polar surface area (TPSA) is 48.1 Å². The molecule has 0 radical (unpaired) electrons. The summed E-state index contributed by atoms with van der Waals surface area (Å²) in [5.41, 5.74) is 7.41. The molecule has 0 saturated heterocycles. The van der Waals surface area contributed by atoms with E-state index in [1.807, 2.05) is 18.2 Å². The van der Waals surface area contributed by atoms with E-state index in [2.05, 4.69) is 4.98 Å². The summed E-state index contributed by atoms with van der Waals surface area (Å²) in [5, 5.41) is 0. The van der Waals surface area contributed by atoms with Gasteiger partial charge in [-0.1, -0.05) is 18.2 Å². The van der Waals surface area contributed by atoms with Gasteiger partial charge in [0.1, 0.15) is 0 Å². The summed E-state index contributed by atoms with van der Waals surface area (Å²) in [7, 11) is 0. The zero-order valence-corrected chi connectivity index (χ0v) is 10.8. The lowest BCUT2D eigenvalue weighted by Gasteiger charge is -2.14. The minimum absolute atomic E-state index is 0.244. The van der Waals surface area contributed by atoms with Crippen molar-refractivity contribution in [1.29, 1.82) is 0 Å². The number of aromatic nitrogens is 1. The molecule has 4 heteroatoms. The summed E-state index contributed by atoms with van der Waals surface area (Å²) in [4.78, 5) is 4.19. The molecule has 0 aliphatic rings. The van der Waals surface area contributed by atoms with Gasteiger partial charge in [-0.15, -0.1) is 0 Å². The molecule has 1 aromatic carbocycles. The van der Waals surface area contributed by atoms with Crippen molar-refractivity contribution in [3.05, 3.63) is 59.7 Å². The minimum Gasteiger partial charge on any atom is -0.490 e. The maximum Gasteiger partial charge on any atom is 0.165 e. The van der Waals surface area contributed by atoms with E-state index in [-0.39, 0.29) is 17.6 Å². The minimum atomic E-state index is -0.379. The first kappa shape index (κ1) is 13.5. The van der Waals surface area contributed by atoms with Gasteiger partial charge in [0.2, 0.25) is 0 Å². The van der Waals surface area contributed by atoms with Crippen LogP contribution in [0.2, 0.25) is 0 Å². The molecule has 0 saturated carbocycles. The molecule has 2 rings (SSSR count). The van der Waals surface area contributed by atoms with Crippen LogP contribution in [0.4, 0.5) is 4.39 Å². The van der Waals surface area contributed by atoms with Crippen LogP contribution in [-0.4, -0.2) is 11.6 Å². The van der Waals surface area contributed by atoms with E-state index in [1.54, 1.807) is 25.3 Å². The summed E-state index contributed by atoms with van der Waals surface area (Å²) >= 11 is 0. The highest BCUT2D eigenvalue weighted by atomic mass is 19.1. The van der Waals surface area contributed by atoms with Gasteiger partial charge in [0.15, 0.2) is 11.6 Å². The molecule has 1 aromatic heterocycles. The Morgan fingerprint density at radius 2 is 2.11 bits per heavy atom. The predicted octanol–water partition coefficient (Wildman–Crippen LogP) is 2.86. The Bertz CT molecular complexity index is 529. The molecule has 2 N–H and O–H groups in total. The zero-order chi connectivity index (χ0) is 13.7. The zero-order valence-electron chi connectivity index (χ0n) is 10.8. The number of nitrogens with two attached hydrogens (primary N) is 1. The van der Waals surface area contributed by atoms with Gasteiger partial charge in [0.25, 0.3) is 0 Å². The standard InChI is InChI=1S/C15H17FN2O/c1-11(17)13-6-4-7-14(16)15(13)19-10-8-12-5-2-3-9-18-12/h2-7,9,11H,8,10,17H2,1H3. The van der Waals surface area contributed by atoms with E-state index in [1.165, 1.54) is 6.07 Å². The molecule has 1 unspecified atom stereocenters. The van der Waals surface area contributed by atoms with Crippen LogP contribution in [0.25, 0.3) is 0 Å². The Kier molecular flexibility index (Phi) is 4.47. The third-order valence-electron chi connectivity index (χ3n) is 2.82. The van der Waals surface area contributed by atoms with Crippen molar-refractivity contribution in [2.75, 3.05) is 6.61 Å². The van der Waals surface area contributed by atoms with Crippen LogP contribution >= 0.6 is 0 Å². The SMILES string of the molecule is CC(N)c1cccc(F)c1OCCc1ccccn1. The Hall–Kier alpha value is -1.94. The number of rotatable bonds is 5. The Morgan fingerprint density at radius 3 is 2.79 bits per heavy atom. The summed E-state index contributed by atoms with van der Waals surface area (Å²) in [5.74, 6) is -0.135. The number of benzene rings is 1.